The van der Waals surface area contributed by atoms with Gasteiger partial charge in [-0.1, -0.05) is 56.2 Å². The van der Waals surface area contributed by atoms with Crippen LogP contribution in [0.3, 0.4) is 0 Å². The average molecular weight is 491 g/mol. The highest BCUT2D eigenvalue weighted by molar-refractivity contribution is 5.64. The van der Waals surface area contributed by atoms with Crippen LogP contribution in [0.4, 0.5) is 22.0 Å². The van der Waals surface area contributed by atoms with Gasteiger partial charge < -0.3 is 0 Å². The lowest BCUT2D eigenvalue weighted by atomic mass is 9.79. The molecule has 0 aromatic heterocycles. The van der Waals surface area contributed by atoms with Crippen molar-refractivity contribution in [3.05, 3.63) is 71.3 Å². The summed E-state index contributed by atoms with van der Waals surface area (Å²) in [5, 5.41) is 0. The van der Waals surface area contributed by atoms with Crippen LogP contribution in [0.2, 0.25) is 0 Å². The molecule has 2 aliphatic rings. The van der Waals surface area contributed by atoms with Gasteiger partial charge in [0.25, 0.3) is 0 Å². The van der Waals surface area contributed by atoms with E-state index in [-0.39, 0.29) is 11.9 Å². The lowest BCUT2D eigenvalue weighted by Crippen LogP contribution is -2.17. The average Bonchev–Trinajstić information content (AvgIpc) is 2.83. The zero-order chi connectivity index (χ0) is 25.0. The van der Waals surface area contributed by atoms with E-state index >= 15 is 0 Å². The summed E-state index contributed by atoms with van der Waals surface area (Å²) in [5.41, 5.74) is 3.91. The molecule has 0 saturated heterocycles. The highest BCUT2D eigenvalue weighted by Gasteiger charge is 2.30. The summed E-state index contributed by atoms with van der Waals surface area (Å²) >= 11 is 0. The van der Waals surface area contributed by atoms with E-state index in [0.29, 0.717) is 49.5 Å². The highest BCUT2D eigenvalue weighted by atomic mass is 19.4. The highest BCUT2D eigenvalue weighted by Crippen LogP contribution is 2.38. The third-order valence-corrected chi connectivity index (χ3v) is 8.14. The third-order valence-electron chi connectivity index (χ3n) is 8.14. The van der Waals surface area contributed by atoms with E-state index in [0.717, 1.165) is 23.5 Å². The fourth-order valence-corrected chi connectivity index (χ4v) is 5.83. The van der Waals surface area contributed by atoms with Crippen molar-refractivity contribution in [2.45, 2.75) is 83.2 Å². The number of alkyl halides is 3. The lowest BCUT2D eigenvalue weighted by Gasteiger charge is -2.27. The van der Waals surface area contributed by atoms with Crippen LogP contribution in [0.1, 0.15) is 81.8 Å². The van der Waals surface area contributed by atoms with Gasteiger partial charge in [-0.15, -0.1) is 0 Å². The Morgan fingerprint density at radius 2 is 1.49 bits per heavy atom. The lowest BCUT2D eigenvalue weighted by molar-refractivity contribution is -0.0821. The molecule has 0 nitrogen and oxygen atoms in total. The Hall–Kier alpha value is -2.17. The van der Waals surface area contributed by atoms with Gasteiger partial charge in [0, 0.05) is 5.92 Å². The normalized spacial score (nSPS) is 26.1. The van der Waals surface area contributed by atoms with E-state index in [2.05, 4.69) is 31.2 Å². The van der Waals surface area contributed by atoms with Crippen LogP contribution in [0.25, 0.3) is 11.1 Å². The van der Waals surface area contributed by atoms with Crippen molar-refractivity contribution in [2.24, 2.45) is 17.8 Å². The fourth-order valence-electron chi connectivity index (χ4n) is 5.83. The van der Waals surface area contributed by atoms with E-state index in [9.17, 15) is 22.0 Å². The molecule has 2 fully saturated rings. The minimum absolute atomic E-state index is 0.209. The Morgan fingerprint density at radius 3 is 2.09 bits per heavy atom. The Bertz CT molecular complexity index is 988. The van der Waals surface area contributed by atoms with Crippen LogP contribution in [-0.2, 0) is 6.42 Å². The molecular weight excluding hydrogens is 455 g/mol. The number of benzene rings is 2. The van der Waals surface area contributed by atoms with E-state index in [4.69, 9.17) is 0 Å². The number of hydrogen-bond acceptors (Lipinski definition) is 0. The van der Waals surface area contributed by atoms with Crippen molar-refractivity contribution < 1.29 is 22.0 Å². The van der Waals surface area contributed by atoms with E-state index in [1.807, 2.05) is 12.1 Å². The predicted octanol–water partition coefficient (Wildman–Crippen LogP) is 9.94. The van der Waals surface area contributed by atoms with Crippen molar-refractivity contribution in [1.29, 1.82) is 0 Å². The minimum Gasteiger partial charge on any atom is -0.212 e. The van der Waals surface area contributed by atoms with Crippen LogP contribution in [-0.4, -0.2) is 6.18 Å². The summed E-state index contributed by atoms with van der Waals surface area (Å²) in [6, 6.07) is 14.0. The second kappa shape index (κ2) is 11.3. The van der Waals surface area contributed by atoms with Crippen LogP contribution in [0.5, 0.6) is 0 Å². The van der Waals surface area contributed by atoms with Crippen LogP contribution < -0.4 is 0 Å². The molecule has 0 N–H and O–H groups in total. The Kier molecular flexibility index (Phi) is 8.34. The van der Waals surface area contributed by atoms with Gasteiger partial charge in [0.05, 0.1) is 6.08 Å². The standard InChI is InChI=1S/C30H35F5/c1-20-2-7-22(8-3-20)23-12-14-24(15-13-23)27-17-16-25(28(31)18-27)9-4-21-5-10-26(11-6-21)29(32)19-30(33,34)35/h12-22,26H,2-11H2,1H3/b29-19-. The third kappa shape index (κ3) is 7.17. The first-order valence-corrected chi connectivity index (χ1v) is 13.0. The maximum absolute atomic E-state index is 14.9. The van der Waals surface area contributed by atoms with Crippen LogP contribution in [0, 0.1) is 23.6 Å². The van der Waals surface area contributed by atoms with Gasteiger partial charge in [-0.05, 0) is 97.4 Å². The Morgan fingerprint density at radius 1 is 0.857 bits per heavy atom. The molecular formula is C30H35F5. The number of aryl methyl sites for hydroxylation is 1. The first-order valence-electron chi connectivity index (χ1n) is 13.0. The summed E-state index contributed by atoms with van der Waals surface area (Å²) in [7, 11) is 0. The molecule has 4 rings (SSSR count). The summed E-state index contributed by atoms with van der Waals surface area (Å²) in [6.45, 7) is 2.32. The van der Waals surface area contributed by atoms with Crippen LogP contribution >= 0.6 is 0 Å². The molecule has 2 aliphatic carbocycles. The van der Waals surface area contributed by atoms with Gasteiger partial charge in [0.15, 0.2) is 0 Å². The fraction of sp³-hybridized carbons (Fsp3) is 0.533. The van der Waals surface area contributed by atoms with Gasteiger partial charge >= 0.3 is 6.18 Å². The molecule has 190 valence electrons. The molecule has 5 heteroatoms. The maximum Gasteiger partial charge on any atom is 0.412 e. The van der Waals surface area contributed by atoms with Gasteiger partial charge in [0.2, 0.25) is 0 Å². The zero-order valence-corrected chi connectivity index (χ0v) is 20.4. The largest absolute Gasteiger partial charge is 0.412 e. The van der Waals surface area contributed by atoms with Gasteiger partial charge in [-0.25, -0.2) is 8.78 Å². The van der Waals surface area contributed by atoms with E-state index in [1.165, 1.54) is 31.2 Å². The topological polar surface area (TPSA) is 0 Å². The number of allylic oxidation sites excluding steroid dienone is 2. The molecule has 35 heavy (non-hydrogen) atoms. The quantitative estimate of drug-likeness (QED) is 0.353. The molecule has 2 saturated carbocycles. The summed E-state index contributed by atoms with van der Waals surface area (Å²) in [4.78, 5) is 0. The molecule has 0 amide bonds. The Labute approximate surface area is 205 Å². The summed E-state index contributed by atoms with van der Waals surface area (Å²) in [5.74, 6) is -0.173. The Balaban J connectivity index is 1.29. The van der Waals surface area contributed by atoms with Crippen molar-refractivity contribution in [2.75, 3.05) is 0 Å². The smallest absolute Gasteiger partial charge is 0.212 e. The maximum atomic E-state index is 14.9. The molecule has 2 aromatic carbocycles. The number of halogens is 5. The van der Waals surface area contributed by atoms with E-state index in [1.54, 1.807) is 6.07 Å². The molecule has 0 spiro atoms. The molecule has 0 aliphatic heterocycles. The summed E-state index contributed by atoms with van der Waals surface area (Å²) in [6.07, 6.45) is 3.77. The van der Waals surface area contributed by atoms with Crippen LogP contribution in [0.15, 0.2) is 54.4 Å². The van der Waals surface area contributed by atoms with Crippen molar-refractivity contribution >= 4 is 0 Å². The molecule has 0 radical (unpaired) electrons. The molecule has 0 unspecified atom stereocenters. The monoisotopic (exact) mass is 490 g/mol. The summed E-state index contributed by atoms with van der Waals surface area (Å²) < 4.78 is 65.8. The molecule has 2 aromatic rings. The zero-order valence-electron chi connectivity index (χ0n) is 20.4. The van der Waals surface area contributed by atoms with Crippen molar-refractivity contribution in [1.82, 2.24) is 0 Å². The molecule has 0 bridgehead atoms. The SMILES string of the molecule is CC1CCC(c2ccc(-c3ccc(CCC4CCC(/C(F)=C/C(F)(F)F)CC4)c(F)c3)cc2)CC1. The van der Waals surface area contributed by atoms with Gasteiger partial charge in [-0.3, -0.25) is 0 Å². The van der Waals surface area contributed by atoms with Crippen molar-refractivity contribution in [3.8, 4) is 11.1 Å². The number of rotatable bonds is 6. The van der Waals surface area contributed by atoms with Gasteiger partial charge in [-0.2, -0.15) is 13.2 Å². The van der Waals surface area contributed by atoms with Gasteiger partial charge in [0.1, 0.15) is 11.6 Å². The van der Waals surface area contributed by atoms with Crippen molar-refractivity contribution in [3.63, 3.8) is 0 Å². The minimum atomic E-state index is -4.61. The molecule has 0 atom stereocenters. The second-order valence-corrected chi connectivity index (χ2v) is 10.7. The number of hydrogen-bond donors (Lipinski definition) is 0. The predicted molar refractivity (Wildman–Crippen MR) is 131 cm³/mol. The molecule has 0 heterocycles. The first kappa shape index (κ1) is 25.9. The van der Waals surface area contributed by atoms with E-state index < -0.39 is 17.9 Å². The first-order chi connectivity index (χ1) is 16.7. The second-order valence-electron chi connectivity index (χ2n) is 10.7.